The number of hydrogen-bond donors (Lipinski definition) is 1. The van der Waals surface area contributed by atoms with E-state index < -0.39 is 0 Å². The van der Waals surface area contributed by atoms with Crippen LogP contribution < -0.4 is 5.73 Å². The molecule has 2 rings (SSSR count). The van der Waals surface area contributed by atoms with Crippen molar-refractivity contribution in [1.29, 1.82) is 0 Å². The van der Waals surface area contributed by atoms with E-state index >= 15 is 0 Å². The molecule has 16 heavy (non-hydrogen) atoms. The average molecular weight is 240 g/mol. The normalized spacial score (nSPS) is 20.7. The van der Waals surface area contributed by atoms with Crippen LogP contribution in [-0.2, 0) is 6.42 Å². The molecule has 0 radical (unpaired) electrons. The van der Waals surface area contributed by atoms with Crippen LogP contribution in [0.1, 0.15) is 24.8 Å². The van der Waals surface area contributed by atoms with Crippen LogP contribution in [0.25, 0.3) is 0 Å². The quantitative estimate of drug-likeness (QED) is 0.786. The van der Waals surface area contributed by atoms with E-state index in [1.54, 1.807) is 18.2 Å². The van der Waals surface area contributed by atoms with E-state index in [2.05, 4.69) is 6.08 Å². The van der Waals surface area contributed by atoms with Gasteiger partial charge < -0.3 is 5.73 Å². The van der Waals surface area contributed by atoms with Gasteiger partial charge in [0.2, 0.25) is 0 Å². The Morgan fingerprint density at radius 2 is 2.25 bits per heavy atom. The molecule has 1 unspecified atom stereocenters. The third kappa shape index (κ3) is 2.63. The third-order valence-corrected chi connectivity index (χ3v) is 3.23. The zero-order valence-electron chi connectivity index (χ0n) is 9.05. The summed E-state index contributed by atoms with van der Waals surface area (Å²) in [5.74, 6) is -0.302. The van der Waals surface area contributed by atoms with E-state index in [-0.39, 0.29) is 16.9 Å². The van der Waals surface area contributed by atoms with E-state index in [0.29, 0.717) is 12.0 Å². The summed E-state index contributed by atoms with van der Waals surface area (Å²) < 4.78 is 13.7. The first-order valence-corrected chi connectivity index (χ1v) is 5.92. The Kier molecular flexibility index (Phi) is 3.62. The number of allylic oxidation sites excluding steroid dienone is 1. The smallest absolute Gasteiger partial charge is 0.145 e. The molecule has 0 heterocycles. The van der Waals surface area contributed by atoms with Gasteiger partial charge in [-0.25, -0.2) is 4.39 Å². The lowest BCUT2D eigenvalue weighted by Crippen LogP contribution is -2.20. The molecule has 0 bridgehead atoms. The van der Waals surface area contributed by atoms with Crippen LogP contribution in [0.2, 0.25) is 5.02 Å². The third-order valence-electron chi connectivity index (χ3n) is 2.93. The fraction of sp³-hybridized carbons (Fsp3) is 0.385. The minimum absolute atomic E-state index is 0.131. The topological polar surface area (TPSA) is 26.0 Å². The van der Waals surface area contributed by atoms with Gasteiger partial charge >= 0.3 is 0 Å². The second-order valence-corrected chi connectivity index (χ2v) is 4.68. The van der Waals surface area contributed by atoms with Gasteiger partial charge in [0.25, 0.3) is 0 Å². The van der Waals surface area contributed by atoms with Gasteiger partial charge in [-0.1, -0.05) is 35.4 Å². The van der Waals surface area contributed by atoms with Crippen LogP contribution in [0.3, 0.4) is 0 Å². The summed E-state index contributed by atoms with van der Waals surface area (Å²) in [7, 11) is 0. The Morgan fingerprint density at radius 3 is 3.00 bits per heavy atom. The first kappa shape index (κ1) is 11.6. The van der Waals surface area contributed by atoms with Crippen molar-refractivity contribution < 1.29 is 4.39 Å². The molecule has 0 amide bonds. The molecule has 0 saturated carbocycles. The highest BCUT2D eigenvalue weighted by Gasteiger charge is 2.13. The van der Waals surface area contributed by atoms with E-state index in [0.717, 1.165) is 19.3 Å². The fourth-order valence-electron chi connectivity index (χ4n) is 2.11. The number of nitrogens with two attached hydrogens (primary N) is 1. The fourth-order valence-corrected chi connectivity index (χ4v) is 2.31. The van der Waals surface area contributed by atoms with Crippen molar-refractivity contribution in [3.05, 3.63) is 46.3 Å². The first-order chi connectivity index (χ1) is 7.66. The summed E-state index contributed by atoms with van der Waals surface area (Å²) >= 11 is 5.74. The summed E-state index contributed by atoms with van der Waals surface area (Å²) in [6.45, 7) is 0. The molecule has 0 aliphatic heterocycles. The Balaban J connectivity index is 2.17. The van der Waals surface area contributed by atoms with Crippen molar-refractivity contribution in [2.24, 2.45) is 5.73 Å². The van der Waals surface area contributed by atoms with Crippen LogP contribution in [-0.4, -0.2) is 6.04 Å². The molecule has 1 aliphatic rings. The molecule has 1 aliphatic carbocycles. The lowest BCUT2D eigenvalue weighted by atomic mass is 9.92. The van der Waals surface area contributed by atoms with Gasteiger partial charge in [-0.15, -0.1) is 0 Å². The molecular formula is C13H15ClFN. The van der Waals surface area contributed by atoms with Crippen LogP contribution in [0.5, 0.6) is 0 Å². The molecule has 0 fully saturated rings. The minimum atomic E-state index is -0.302. The summed E-state index contributed by atoms with van der Waals surface area (Å²) in [5, 5.41) is 0.193. The summed E-state index contributed by atoms with van der Waals surface area (Å²) in [6, 6.07) is 5.26. The molecule has 86 valence electrons. The minimum Gasteiger partial charge on any atom is -0.324 e. The monoisotopic (exact) mass is 239 g/mol. The summed E-state index contributed by atoms with van der Waals surface area (Å²) in [5.41, 5.74) is 7.73. The Labute approximate surface area is 100 Å². The lowest BCUT2D eigenvalue weighted by Gasteiger charge is -2.18. The van der Waals surface area contributed by atoms with Crippen LogP contribution in [0, 0.1) is 5.82 Å². The molecule has 1 aromatic carbocycles. The summed E-state index contributed by atoms with van der Waals surface area (Å²) in [4.78, 5) is 0. The molecule has 3 heteroatoms. The Morgan fingerprint density at radius 1 is 1.44 bits per heavy atom. The van der Waals surface area contributed by atoms with E-state index in [4.69, 9.17) is 17.3 Å². The lowest BCUT2D eigenvalue weighted by molar-refractivity contribution is 0.596. The maximum Gasteiger partial charge on any atom is 0.145 e. The molecule has 1 aromatic rings. The van der Waals surface area contributed by atoms with E-state index in [1.165, 1.54) is 5.57 Å². The van der Waals surface area contributed by atoms with Crippen LogP contribution >= 0.6 is 11.6 Å². The van der Waals surface area contributed by atoms with Gasteiger partial charge in [0.05, 0.1) is 5.02 Å². The Hall–Kier alpha value is -0.860. The number of rotatable bonds is 2. The van der Waals surface area contributed by atoms with Crippen molar-refractivity contribution in [3.63, 3.8) is 0 Å². The molecular weight excluding hydrogens is 225 g/mol. The van der Waals surface area contributed by atoms with Crippen molar-refractivity contribution >= 4 is 11.6 Å². The van der Waals surface area contributed by atoms with Gasteiger partial charge in [0.1, 0.15) is 5.82 Å². The molecule has 0 saturated heterocycles. The maximum atomic E-state index is 13.7. The molecule has 1 atom stereocenters. The van der Waals surface area contributed by atoms with Crippen molar-refractivity contribution in [3.8, 4) is 0 Å². The second kappa shape index (κ2) is 4.98. The van der Waals surface area contributed by atoms with Crippen molar-refractivity contribution in [2.45, 2.75) is 31.7 Å². The first-order valence-electron chi connectivity index (χ1n) is 5.55. The molecule has 1 nitrogen and oxygen atoms in total. The maximum absolute atomic E-state index is 13.7. The number of benzene rings is 1. The standard InChI is InChI=1S/C13H15ClFN/c14-12-6-2-4-10(13(12)15)7-9-3-1-5-11(16)8-9/h2,4,6,8,11H,1,3,5,7,16H2. The SMILES string of the molecule is NC1C=C(Cc2cccc(Cl)c2F)CCC1. The molecule has 2 N–H and O–H groups in total. The van der Waals surface area contributed by atoms with Gasteiger partial charge in [-0.2, -0.15) is 0 Å². The highest BCUT2D eigenvalue weighted by molar-refractivity contribution is 6.30. The predicted molar refractivity (Wildman–Crippen MR) is 65.0 cm³/mol. The number of hydrogen-bond acceptors (Lipinski definition) is 1. The second-order valence-electron chi connectivity index (χ2n) is 4.27. The van der Waals surface area contributed by atoms with E-state index in [1.807, 2.05) is 0 Å². The van der Waals surface area contributed by atoms with Crippen molar-refractivity contribution in [1.82, 2.24) is 0 Å². The summed E-state index contributed by atoms with van der Waals surface area (Å²) in [6.07, 6.45) is 5.82. The van der Waals surface area contributed by atoms with Gasteiger partial charge in [0, 0.05) is 6.04 Å². The zero-order chi connectivity index (χ0) is 11.5. The van der Waals surface area contributed by atoms with Gasteiger partial charge in [0.15, 0.2) is 0 Å². The largest absolute Gasteiger partial charge is 0.324 e. The molecule has 0 spiro atoms. The predicted octanol–water partition coefficient (Wildman–Crippen LogP) is 3.46. The van der Waals surface area contributed by atoms with Gasteiger partial charge in [-0.05, 0) is 37.3 Å². The van der Waals surface area contributed by atoms with E-state index in [9.17, 15) is 4.39 Å². The van der Waals surface area contributed by atoms with Crippen LogP contribution in [0.4, 0.5) is 4.39 Å². The highest BCUT2D eigenvalue weighted by Crippen LogP contribution is 2.24. The van der Waals surface area contributed by atoms with Crippen molar-refractivity contribution in [2.75, 3.05) is 0 Å². The number of halogens is 2. The molecule has 0 aromatic heterocycles. The highest BCUT2D eigenvalue weighted by atomic mass is 35.5. The zero-order valence-corrected chi connectivity index (χ0v) is 9.80. The van der Waals surface area contributed by atoms with Crippen LogP contribution in [0.15, 0.2) is 29.8 Å². The Bertz CT molecular complexity index is 414. The van der Waals surface area contributed by atoms with Gasteiger partial charge in [-0.3, -0.25) is 0 Å². The average Bonchev–Trinajstić information content (AvgIpc) is 2.25.